The average Bonchev–Trinajstić information content (AvgIpc) is 3.09. The van der Waals surface area contributed by atoms with E-state index in [0.717, 1.165) is 22.1 Å². The van der Waals surface area contributed by atoms with Crippen molar-refractivity contribution in [3.05, 3.63) is 69.6 Å². The van der Waals surface area contributed by atoms with Gasteiger partial charge in [-0.1, -0.05) is 36.4 Å². The van der Waals surface area contributed by atoms with E-state index in [1.165, 1.54) is 9.95 Å². The molecule has 2 aromatic heterocycles. The minimum absolute atomic E-state index is 0.0288. The first-order chi connectivity index (χ1) is 13.5. The number of carbonyl (C=O) groups excluding carboxylic acids is 1. The molecule has 4 rings (SSSR count). The number of benzene rings is 2. The van der Waals surface area contributed by atoms with Gasteiger partial charge < -0.3 is 10.4 Å². The zero-order chi connectivity index (χ0) is 19.8. The molecular formula is C20H15N3O4S. The number of fused-ring (bicyclic) bond motifs is 2. The Labute approximate surface area is 162 Å². The van der Waals surface area contributed by atoms with Gasteiger partial charge in [-0.05, 0) is 18.4 Å². The molecule has 8 heteroatoms. The fourth-order valence-corrected chi connectivity index (χ4v) is 4.09. The molecule has 0 radical (unpaired) electrons. The van der Waals surface area contributed by atoms with Crippen molar-refractivity contribution in [1.29, 1.82) is 0 Å². The maximum Gasteiger partial charge on any atom is 0.337 e. The lowest BCUT2D eigenvalue weighted by atomic mass is 10.1. The molecule has 4 aromatic rings. The van der Waals surface area contributed by atoms with Gasteiger partial charge in [0.25, 0.3) is 5.56 Å². The predicted molar refractivity (Wildman–Crippen MR) is 108 cm³/mol. The number of aromatic carboxylic acids is 1. The smallest absolute Gasteiger partial charge is 0.337 e. The van der Waals surface area contributed by atoms with E-state index in [1.807, 2.05) is 36.4 Å². The molecule has 0 saturated carbocycles. The Hall–Kier alpha value is -3.52. The number of nitrogens with zero attached hydrogens (tertiary/aromatic N) is 2. The maximum atomic E-state index is 12.8. The van der Waals surface area contributed by atoms with Gasteiger partial charge in [-0.3, -0.25) is 14.2 Å². The minimum atomic E-state index is -1.19. The molecule has 0 bridgehead atoms. The summed E-state index contributed by atoms with van der Waals surface area (Å²) < 4.78 is 1.20. The van der Waals surface area contributed by atoms with Crippen LogP contribution in [0.4, 0.5) is 5.69 Å². The third-order valence-corrected chi connectivity index (χ3v) is 5.35. The number of carboxylic acids is 1. The Kier molecular flexibility index (Phi) is 4.40. The summed E-state index contributed by atoms with van der Waals surface area (Å²) in [5, 5.41) is 15.4. The Morgan fingerprint density at radius 3 is 2.71 bits per heavy atom. The van der Waals surface area contributed by atoms with E-state index >= 15 is 0 Å². The first-order valence-electron chi connectivity index (χ1n) is 8.45. The number of rotatable bonds is 4. The van der Waals surface area contributed by atoms with Crippen molar-refractivity contribution in [2.75, 3.05) is 5.32 Å². The Morgan fingerprint density at radius 1 is 1.18 bits per heavy atom. The normalized spacial score (nSPS) is 11.0. The molecular weight excluding hydrogens is 378 g/mol. The topological polar surface area (TPSA) is 101 Å². The standard InChI is InChI=1S/C20H15N3O4S/c1-11-21-18-17(14(10-28-18)20(26)27)19(25)23(11)9-16(24)22-15-8-4-6-12-5-2-3-7-13(12)15/h2-8,10H,9H2,1H3,(H,22,24)(H,26,27). The van der Waals surface area contributed by atoms with E-state index in [9.17, 15) is 19.5 Å². The number of nitrogens with one attached hydrogen (secondary N) is 1. The number of aromatic nitrogens is 2. The van der Waals surface area contributed by atoms with Gasteiger partial charge in [-0.15, -0.1) is 11.3 Å². The number of thiophene rings is 1. The third kappa shape index (κ3) is 3.03. The van der Waals surface area contributed by atoms with Crippen LogP contribution in [0.15, 0.2) is 52.6 Å². The molecule has 140 valence electrons. The number of hydrogen-bond donors (Lipinski definition) is 2. The first-order valence-corrected chi connectivity index (χ1v) is 9.33. The van der Waals surface area contributed by atoms with Crippen molar-refractivity contribution in [3.63, 3.8) is 0 Å². The SMILES string of the molecule is Cc1nc2scc(C(=O)O)c2c(=O)n1CC(=O)Nc1cccc2ccccc12. The van der Waals surface area contributed by atoms with E-state index in [0.29, 0.717) is 16.3 Å². The van der Waals surface area contributed by atoms with Crippen LogP contribution in [0.2, 0.25) is 0 Å². The van der Waals surface area contributed by atoms with Crippen molar-refractivity contribution in [2.24, 2.45) is 0 Å². The first kappa shape index (κ1) is 17.9. The minimum Gasteiger partial charge on any atom is -0.478 e. The van der Waals surface area contributed by atoms with Crippen LogP contribution in [0, 0.1) is 6.92 Å². The molecule has 0 aliphatic heterocycles. The van der Waals surface area contributed by atoms with Crippen molar-refractivity contribution in [3.8, 4) is 0 Å². The largest absolute Gasteiger partial charge is 0.478 e. The van der Waals surface area contributed by atoms with Gasteiger partial charge in [-0.25, -0.2) is 9.78 Å². The second-order valence-electron chi connectivity index (χ2n) is 6.26. The molecule has 0 saturated heterocycles. The Morgan fingerprint density at radius 2 is 1.93 bits per heavy atom. The molecule has 0 aliphatic carbocycles. The molecule has 1 amide bonds. The van der Waals surface area contributed by atoms with Crippen LogP contribution >= 0.6 is 11.3 Å². The number of carbonyl (C=O) groups is 2. The number of hydrogen-bond acceptors (Lipinski definition) is 5. The Bertz CT molecular complexity index is 1300. The molecule has 0 fully saturated rings. The van der Waals surface area contributed by atoms with E-state index in [4.69, 9.17) is 0 Å². The summed E-state index contributed by atoms with van der Waals surface area (Å²) in [6, 6.07) is 13.2. The highest BCUT2D eigenvalue weighted by atomic mass is 32.1. The van der Waals surface area contributed by atoms with Crippen LogP contribution in [0.1, 0.15) is 16.2 Å². The lowest BCUT2D eigenvalue weighted by molar-refractivity contribution is -0.116. The summed E-state index contributed by atoms with van der Waals surface area (Å²) in [6.07, 6.45) is 0. The highest BCUT2D eigenvalue weighted by Crippen LogP contribution is 2.23. The summed E-state index contributed by atoms with van der Waals surface area (Å²) in [5.41, 5.74) is 0.0135. The number of aryl methyl sites for hydroxylation is 1. The summed E-state index contributed by atoms with van der Waals surface area (Å²) in [5.74, 6) is -1.24. The van der Waals surface area contributed by atoms with Gasteiger partial charge in [0.2, 0.25) is 5.91 Å². The van der Waals surface area contributed by atoms with Gasteiger partial charge in [0.1, 0.15) is 17.2 Å². The van der Waals surface area contributed by atoms with E-state index in [1.54, 1.807) is 13.0 Å². The van der Waals surface area contributed by atoms with Crippen molar-refractivity contribution in [2.45, 2.75) is 13.5 Å². The van der Waals surface area contributed by atoms with Gasteiger partial charge >= 0.3 is 5.97 Å². The molecule has 0 atom stereocenters. The van der Waals surface area contributed by atoms with E-state index < -0.39 is 17.4 Å². The molecule has 0 unspecified atom stereocenters. The van der Waals surface area contributed by atoms with Crippen LogP contribution < -0.4 is 10.9 Å². The van der Waals surface area contributed by atoms with Crippen LogP contribution in [-0.2, 0) is 11.3 Å². The summed E-state index contributed by atoms with van der Waals surface area (Å²) in [7, 11) is 0. The van der Waals surface area contributed by atoms with Crippen molar-refractivity contribution < 1.29 is 14.7 Å². The monoisotopic (exact) mass is 393 g/mol. The molecule has 2 N–H and O–H groups in total. The molecule has 28 heavy (non-hydrogen) atoms. The zero-order valence-electron chi connectivity index (χ0n) is 14.8. The third-order valence-electron chi connectivity index (χ3n) is 4.48. The second kappa shape index (κ2) is 6.90. The average molecular weight is 393 g/mol. The second-order valence-corrected chi connectivity index (χ2v) is 7.12. The maximum absolute atomic E-state index is 12.8. The fourth-order valence-electron chi connectivity index (χ4n) is 3.14. The lowest BCUT2D eigenvalue weighted by Crippen LogP contribution is -2.30. The summed E-state index contributed by atoms with van der Waals surface area (Å²) in [4.78, 5) is 41.4. The van der Waals surface area contributed by atoms with E-state index in [2.05, 4.69) is 10.3 Å². The van der Waals surface area contributed by atoms with Gasteiger partial charge in [0.15, 0.2) is 0 Å². The summed E-state index contributed by atoms with van der Waals surface area (Å²) in [6.45, 7) is 1.36. The fraction of sp³-hybridized carbons (Fsp3) is 0.100. The van der Waals surface area contributed by atoms with Crippen LogP contribution in [0.5, 0.6) is 0 Å². The van der Waals surface area contributed by atoms with Crippen LogP contribution in [0.3, 0.4) is 0 Å². The van der Waals surface area contributed by atoms with Gasteiger partial charge in [-0.2, -0.15) is 0 Å². The lowest BCUT2D eigenvalue weighted by Gasteiger charge is -2.12. The van der Waals surface area contributed by atoms with E-state index in [-0.39, 0.29) is 17.5 Å². The van der Waals surface area contributed by atoms with Crippen LogP contribution in [0.25, 0.3) is 21.0 Å². The summed E-state index contributed by atoms with van der Waals surface area (Å²) >= 11 is 1.10. The van der Waals surface area contributed by atoms with Crippen molar-refractivity contribution in [1.82, 2.24) is 9.55 Å². The molecule has 2 aromatic carbocycles. The highest BCUT2D eigenvalue weighted by Gasteiger charge is 2.19. The van der Waals surface area contributed by atoms with Gasteiger partial charge in [0, 0.05) is 16.5 Å². The zero-order valence-corrected chi connectivity index (χ0v) is 15.6. The molecule has 7 nitrogen and oxygen atoms in total. The number of amides is 1. The van der Waals surface area contributed by atoms with Crippen molar-refractivity contribution >= 4 is 49.9 Å². The molecule has 0 aliphatic rings. The van der Waals surface area contributed by atoms with Gasteiger partial charge in [0.05, 0.1) is 10.9 Å². The molecule has 0 spiro atoms. The quantitative estimate of drug-likeness (QED) is 0.554. The Balaban J connectivity index is 1.70. The highest BCUT2D eigenvalue weighted by molar-refractivity contribution is 7.17. The molecule has 2 heterocycles. The number of carboxylic acid groups (broad SMARTS) is 1. The number of anilines is 1. The van der Waals surface area contributed by atoms with Crippen LogP contribution in [-0.4, -0.2) is 26.5 Å². The predicted octanol–water partition coefficient (Wildman–Crippen LogP) is 3.26.